The number of H-pyrrole nitrogens is 2. The van der Waals surface area contributed by atoms with Gasteiger partial charge in [-0.2, -0.15) is 0 Å². The molecular weight excluding hydrogens is 1660 g/mol. The van der Waals surface area contributed by atoms with Crippen molar-refractivity contribution in [1.29, 1.82) is 0 Å². The van der Waals surface area contributed by atoms with Crippen molar-refractivity contribution in [2.45, 2.75) is 125 Å². The van der Waals surface area contributed by atoms with Crippen LogP contribution in [-0.4, -0.2) is 176 Å². The quantitative estimate of drug-likeness (QED) is 0.0289. The Kier molecular flexibility index (Phi) is 25.8. The summed E-state index contributed by atoms with van der Waals surface area (Å²) >= 11 is 12.6. The number of ether oxygens (including phenoxy) is 6. The summed E-state index contributed by atoms with van der Waals surface area (Å²) in [5, 5.41) is 27.5. The molecule has 0 unspecified atom stereocenters. The number of fused-ring (bicyclic) bond motifs is 2. The molecule has 4 saturated heterocycles. The summed E-state index contributed by atoms with van der Waals surface area (Å²) in [6, 6.07) is 49.1. The van der Waals surface area contributed by atoms with Gasteiger partial charge in [0.2, 0.25) is 0 Å². The number of halogens is 2. The molecular formula is C94H100Cl2N10O16S2. The maximum absolute atomic E-state index is 13.9. The van der Waals surface area contributed by atoms with Gasteiger partial charge in [-0.3, -0.25) is 39.6 Å². The number of hydrogen-bond acceptors (Lipinski definition) is 20. The number of anilines is 2. The first-order chi connectivity index (χ1) is 60.0. The number of aromatic amines is 2. The lowest BCUT2D eigenvalue weighted by molar-refractivity contribution is -0.385. The van der Waals surface area contributed by atoms with E-state index in [0.29, 0.717) is 85.9 Å². The SMILES string of the molecule is O=C(NS(=O)(=O)c1ccc(CC[C@@H]2COCCO2)c([N+](=O)[O-])c1)c1ccc(N2CCN(CC3=C(c4ccc(Cl)cc4)CC4(CCC4)CC3)CC2)cc1Oc1ccc2[nH]ccc2c1.O=C(NS(=O)(=O)c1ccc(CC[C@H]2COCCO2)c([N+](=O)[O-])c1)c1ccc(N2CCN(CC3=C(c4ccc(Cl)cc4)CC4(CCC4)CC3)CC2)cc1Oc1ccc2[nH]ccc2c1. The van der Waals surface area contributed by atoms with Crippen molar-refractivity contribution in [2.75, 3.05) is 115 Å². The molecule has 0 radical (unpaired) electrons. The van der Waals surface area contributed by atoms with Gasteiger partial charge in [-0.25, -0.2) is 26.3 Å². The maximum Gasteiger partial charge on any atom is 0.273 e. The zero-order chi connectivity index (χ0) is 85.7. The van der Waals surface area contributed by atoms with Crippen LogP contribution in [0.3, 0.4) is 0 Å². The van der Waals surface area contributed by atoms with Crippen LogP contribution in [0.15, 0.2) is 203 Å². The molecule has 26 nitrogen and oxygen atoms in total. The minimum atomic E-state index is -4.54. The second-order valence-electron chi connectivity index (χ2n) is 34.0. The predicted octanol–water partition coefficient (Wildman–Crippen LogP) is 17.8. The van der Waals surface area contributed by atoms with E-state index < -0.39 is 51.5 Å². The molecule has 30 heteroatoms. The van der Waals surface area contributed by atoms with E-state index in [1.807, 2.05) is 73.1 Å². The van der Waals surface area contributed by atoms with Crippen LogP contribution in [0, 0.1) is 31.1 Å². The van der Waals surface area contributed by atoms with E-state index in [0.717, 1.165) is 146 Å². The van der Waals surface area contributed by atoms with Gasteiger partial charge in [-0.1, -0.05) is 83.6 Å². The topological polar surface area (TPSA) is 313 Å². The highest BCUT2D eigenvalue weighted by atomic mass is 35.5. The Morgan fingerprint density at radius 1 is 0.484 bits per heavy atom. The number of hydrogen-bond donors (Lipinski definition) is 4. The largest absolute Gasteiger partial charge is 0.456 e. The fourth-order valence-corrected chi connectivity index (χ4v) is 21.0. The van der Waals surface area contributed by atoms with Crippen molar-refractivity contribution in [3.05, 3.63) is 257 Å². The Bertz CT molecular complexity index is 5580. The number of amides is 2. The van der Waals surface area contributed by atoms with Crippen molar-refractivity contribution in [2.24, 2.45) is 10.8 Å². The van der Waals surface area contributed by atoms with Crippen LogP contribution in [-0.2, 0) is 51.8 Å². The number of aromatic nitrogens is 2. The minimum absolute atomic E-state index is 0.00542. The second-order valence-corrected chi connectivity index (χ2v) is 38.2. The molecule has 0 bridgehead atoms. The zero-order valence-corrected chi connectivity index (χ0v) is 72.0. The molecule has 4 N–H and O–H groups in total. The van der Waals surface area contributed by atoms with E-state index >= 15 is 0 Å². The van der Waals surface area contributed by atoms with Gasteiger partial charge in [-0.05, 0) is 232 Å². The predicted molar refractivity (Wildman–Crippen MR) is 477 cm³/mol. The van der Waals surface area contributed by atoms with Crippen molar-refractivity contribution in [3.63, 3.8) is 0 Å². The molecule has 124 heavy (non-hydrogen) atoms. The Hall–Kier alpha value is -10.5. The summed E-state index contributed by atoms with van der Waals surface area (Å²) in [5.74, 6) is -0.579. The van der Waals surface area contributed by atoms with Gasteiger partial charge in [0.05, 0.1) is 82.6 Å². The normalized spacial score (nSPS) is 19.4. The molecule has 648 valence electrons. The lowest BCUT2D eigenvalue weighted by Crippen LogP contribution is -2.47. The number of sulfonamides is 2. The highest BCUT2D eigenvalue weighted by Crippen LogP contribution is 2.57. The highest BCUT2D eigenvalue weighted by Gasteiger charge is 2.43. The first kappa shape index (κ1) is 85.7. The monoisotopic (exact) mass is 1760 g/mol. The number of allylic oxidation sites excluding steroid dienone is 2. The average molecular weight is 1760 g/mol. The molecule has 2 amide bonds. The van der Waals surface area contributed by atoms with Gasteiger partial charge < -0.3 is 48.2 Å². The second kappa shape index (κ2) is 37.4. The summed E-state index contributed by atoms with van der Waals surface area (Å²) in [7, 11) is -9.08. The summed E-state index contributed by atoms with van der Waals surface area (Å²) in [6.45, 7) is 10.9. The number of nitro groups is 2. The molecule has 8 aliphatic rings. The third-order valence-corrected chi connectivity index (χ3v) is 29.3. The first-order valence-electron chi connectivity index (χ1n) is 42.8. The summed E-state index contributed by atoms with van der Waals surface area (Å²) in [5.41, 5.74) is 13.0. The number of benzene rings is 8. The van der Waals surface area contributed by atoms with Crippen molar-refractivity contribution in [3.8, 4) is 23.0 Å². The minimum Gasteiger partial charge on any atom is -0.456 e. The number of rotatable bonds is 26. The Balaban J connectivity index is 0.000000176. The van der Waals surface area contributed by atoms with Crippen LogP contribution in [0.2, 0.25) is 10.0 Å². The molecule has 2 atom stereocenters. The molecule has 2 aromatic heterocycles. The standard InChI is InChI=1S/2C47H50ClN5O8S/c2*48-36-6-2-32(3-7-36)42-29-47(16-1-17-47)18-14-35(42)30-51-20-22-52(23-21-51)37-8-12-41(45(27-37)61-38-10-13-43-34(26-38)15-19-49-43)46(54)50-62(57,58)40-11-5-33(44(28-40)53(55)56)4-9-39-31-59-24-25-60-39/h2*2-3,5-8,10-13,15,19,26-28,39,49H,1,4,9,14,16-18,20-25,29-31H2,(H,50,54)/t2*39-/m10/s1. The number of nitrogens with zero attached hydrogens (tertiary/aromatic N) is 6. The zero-order valence-electron chi connectivity index (χ0n) is 68.9. The van der Waals surface area contributed by atoms with Crippen LogP contribution in [0.25, 0.3) is 33.0 Å². The van der Waals surface area contributed by atoms with Gasteiger partial charge in [-0.15, -0.1) is 0 Å². The van der Waals surface area contributed by atoms with E-state index in [2.05, 4.69) is 63.3 Å². The average Bonchev–Trinajstić information content (AvgIpc) is 0.776. The number of carbonyl (C=O) groups excluding carboxylic acids is 2. The van der Waals surface area contributed by atoms with Crippen LogP contribution >= 0.6 is 23.2 Å². The van der Waals surface area contributed by atoms with Crippen molar-refractivity contribution in [1.82, 2.24) is 29.2 Å². The fraction of sp³-hybridized carbons (Fsp3) is 0.383. The van der Waals surface area contributed by atoms with E-state index in [1.165, 1.54) is 109 Å². The highest BCUT2D eigenvalue weighted by molar-refractivity contribution is 7.90. The van der Waals surface area contributed by atoms with Gasteiger partial charge in [0, 0.05) is 156 Å². The third-order valence-electron chi connectivity index (χ3n) is 26.1. The number of piperazine rings is 2. The fourth-order valence-electron chi connectivity index (χ4n) is 18.7. The molecule has 6 fully saturated rings. The van der Waals surface area contributed by atoms with E-state index in [1.54, 1.807) is 48.5 Å². The lowest BCUT2D eigenvalue weighted by Gasteiger charge is -2.47. The van der Waals surface area contributed by atoms with Crippen molar-refractivity contribution >= 4 is 111 Å². The molecule has 6 heterocycles. The maximum atomic E-state index is 13.9. The third kappa shape index (κ3) is 19.9. The van der Waals surface area contributed by atoms with Gasteiger partial charge >= 0.3 is 0 Å². The molecule has 4 aliphatic heterocycles. The summed E-state index contributed by atoms with van der Waals surface area (Å²) in [4.78, 5) is 65.9. The van der Waals surface area contributed by atoms with E-state index in [4.69, 9.17) is 51.6 Å². The molecule has 10 aromatic rings. The number of aryl methyl sites for hydroxylation is 2. The number of carbonyl (C=O) groups is 2. The van der Waals surface area contributed by atoms with Crippen LogP contribution in [0.4, 0.5) is 22.7 Å². The summed E-state index contributed by atoms with van der Waals surface area (Å²) in [6.07, 6.45) is 19.6. The smallest absolute Gasteiger partial charge is 0.273 e. The molecule has 4 aliphatic carbocycles. The Labute approximate surface area is 730 Å². The van der Waals surface area contributed by atoms with E-state index in [-0.39, 0.29) is 59.1 Å². The van der Waals surface area contributed by atoms with Gasteiger partial charge in [0.15, 0.2) is 0 Å². The first-order valence-corrected chi connectivity index (χ1v) is 46.5. The van der Waals surface area contributed by atoms with Crippen LogP contribution in [0.1, 0.15) is 133 Å². The Morgan fingerprint density at radius 2 is 0.895 bits per heavy atom. The molecule has 2 saturated carbocycles. The van der Waals surface area contributed by atoms with Crippen LogP contribution in [0.5, 0.6) is 23.0 Å². The molecule has 8 aromatic carbocycles. The number of nitrogens with one attached hydrogen (secondary N) is 4. The van der Waals surface area contributed by atoms with Gasteiger partial charge in [0.25, 0.3) is 43.2 Å². The van der Waals surface area contributed by atoms with E-state index in [9.17, 15) is 46.7 Å². The number of nitro benzene ring substituents is 2. The van der Waals surface area contributed by atoms with Gasteiger partial charge in [0.1, 0.15) is 23.0 Å². The van der Waals surface area contributed by atoms with Crippen molar-refractivity contribution < 1.29 is 64.7 Å². The Morgan fingerprint density at radius 3 is 1.27 bits per heavy atom. The summed E-state index contributed by atoms with van der Waals surface area (Å²) < 4.78 is 94.0. The molecule has 18 rings (SSSR count). The van der Waals surface area contributed by atoms with Crippen LogP contribution < -0.4 is 28.7 Å². The molecule has 2 spiro atoms. The lowest BCUT2D eigenvalue weighted by atomic mass is 9.59.